The SMILES string of the molecule is COc1c(F)cc([N+](=O)[O-])c(F)c1F. The summed E-state index contributed by atoms with van der Waals surface area (Å²) in [6.45, 7) is 0. The number of nitro benzene ring substituents is 1. The molecule has 0 saturated carbocycles. The average molecular weight is 207 g/mol. The molecule has 0 fully saturated rings. The highest BCUT2D eigenvalue weighted by atomic mass is 19.2. The molecule has 0 bridgehead atoms. The highest BCUT2D eigenvalue weighted by Crippen LogP contribution is 2.30. The number of methoxy groups -OCH3 is 1. The number of ether oxygens (including phenoxy) is 1. The van der Waals surface area contributed by atoms with Gasteiger partial charge in [-0.1, -0.05) is 0 Å². The fraction of sp³-hybridized carbons (Fsp3) is 0.143. The Kier molecular flexibility index (Phi) is 2.59. The zero-order valence-corrected chi connectivity index (χ0v) is 6.88. The van der Waals surface area contributed by atoms with E-state index < -0.39 is 33.8 Å². The second kappa shape index (κ2) is 3.52. The van der Waals surface area contributed by atoms with Gasteiger partial charge in [0.05, 0.1) is 18.1 Å². The number of nitro groups is 1. The van der Waals surface area contributed by atoms with Gasteiger partial charge in [0.25, 0.3) is 0 Å². The molecule has 0 N–H and O–H groups in total. The molecule has 1 aromatic rings. The predicted molar refractivity (Wildman–Crippen MR) is 39.5 cm³/mol. The third-order valence-corrected chi connectivity index (χ3v) is 1.50. The van der Waals surface area contributed by atoms with Crippen LogP contribution >= 0.6 is 0 Å². The molecule has 1 rings (SSSR count). The van der Waals surface area contributed by atoms with Crippen LogP contribution in [0, 0.1) is 27.6 Å². The lowest BCUT2D eigenvalue weighted by molar-refractivity contribution is -0.388. The lowest BCUT2D eigenvalue weighted by Crippen LogP contribution is -2.01. The van der Waals surface area contributed by atoms with Crippen molar-refractivity contribution in [3.63, 3.8) is 0 Å². The molecule has 0 saturated heterocycles. The van der Waals surface area contributed by atoms with Gasteiger partial charge in [-0.15, -0.1) is 0 Å². The smallest absolute Gasteiger partial charge is 0.311 e. The summed E-state index contributed by atoms with van der Waals surface area (Å²) in [5.74, 6) is -5.75. The summed E-state index contributed by atoms with van der Waals surface area (Å²) in [6, 6.07) is 0.261. The van der Waals surface area contributed by atoms with Crippen molar-refractivity contribution < 1.29 is 22.8 Å². The molecule has 0 aliphatic heterocycles. The Bertz CT molecular complexity index is 394. The molecular weight excluding hydrogens is 203 g/mol. The highest BCUT2D eigenvalue weighted by Gasteiger charge is 2.26. The molecule has 4 nitrogen and oxygen atoms in total. The Morgan fingerprint density at radius 2 is 1.93 bits per heavy atom. The third-order valence-electron chi connectivity index (χ3n) is 1.50. The van der Waals surface area contributed by atoms with Crippen molar-refractivity contribution in [2.75, 3.05) is 7.11 Å². The van der Waals surface area contributed by atoms with Gasteiger partial charge in [-0.05, 0) is 0 Å². The Labute approximate surface area is 76.1 Å². The fourth-order valence-electron chi connectivity index (χ4n) is 0.886. The maximum absolute atomic E-state index is 12.8. The highest BCUT2D eigenvalue weighted by molar-refractivity contribution is 5.40. The van der Waals surface area contributed by atoms with Crippen molar-refractivity contribution in [1.29, 1.82) is 0 Å². The molecule has 1 aromatic carbocycles. The van der Waals surface area contributed by atoms with Gasteiger partial charge in [0.2, 0.25) is 11.6 Å². The van der Waals surface area contributed by atoms with E-state index in [0.29, 0.717) is 0 Å². The van der Waals surface area contributed by atoms with Crippen molar-refractivity contribution in [3.05, 3.63) is 33.6 Å². The van der Waals surface area contributed by atoms with E-state index >= 15 is 0 Å². The second-order valence-electron chi connectivity index (χ2n) is 2.30. The second-order valence-corrected chi connectivity index (χ2v) is 2.30. The van der Waals surface area contributed by atoms with E-state index in [1.165, 1.54) is 0 Å². The molecule has 0 spiro atoms. The molecule has 0 radical (unpaired) electrons. The normalized spacial score (nSPS) is 10.0. The quantitative estimate of drug-likeness (QED) is 0.423. The van der Waals surface area contributed by atoms with Crippen LogP contribution < -0.4 is 4.74 Å². The van der Waals surface area contributed by atoms with Crippen LogP contribution in [-0.4, -0.2) is 12.0 Å². The van der Waals surface area contributed by atoms with Crippen molar-refractivity contribution in [1.82, 2.24) is 0 Å². The molecule has 14 heavy (non-hydrogen) atoms. The number of halogens is 3. The van der Waals surface area contributed by atoms with Gasteiger partial charge in [-0.3, -0.25) is 10.1 Å². The van der Waals surface area contributed by atoms with Crippen molar-refractivity contribution in [2.45, 2.75) is 0 Å². The van der Waals surface area contributed by atoms with E-state index in [-0.39, 0.29) is 6.07 Å². The number of benzene rings is 1. The van der Waals surface area contributed by atoms with Crippen LogP contribution in [0.15, 0.2) is 6.07 Å². The molecular formula is C7H4F3NO3. The summed E-state index contributed by atoms with van der Waals surface area (Å²) >= 11 is 0. The number of nitrogens with zero attached hydrogens (tertiary/aromatic N) is 1. The third kappa shape index (κ3) is 1.48. The molecule has 0 unspecified atom stereocenters. The first-order valence-corrected chi connectivity index (χ1v) is 3.35. The van der Waals surface area contributed by atoms with E-state index in [1.54, 1.807) is 0 Å². The summed E-state index contributed by atoms with van der Waals surface area (Å²) < 4.78 is 42.7. The van der Waals surface area contributed by atoms with Gasteiger partial charge in [-0.25, -0.2) is 4.39 Å². The van der Waals surface area contributed by atoms with Crippen LogP contribution in [0.1, 0.15) is 0 Å². The maximum atomic E-state index is 12.8. The standard InChI is InChI=1S/C7H4F3NO3/c1-14-7-3(8)2-4(11(12)13)5(9)6(7)10/h2H,1H3. The van der Waals surface area contributed by atoms with E-state index in [1.807, 2.05) is 0 Å². The molecule has 7 heteroatoms. The Morgan fingerprint density at radius 1 is 1.36 bits per heavy atom. The summed E-state index contributed by atoms with van der Waals surface area (Å²) in [5.41, 5.74) is -1.26. The minimum atomic E-state index is -1.74. The minimum absolute atomic E-state index is 0.261. The molecule has 76 valence electrons. The molecule has 0 atom stereocenters. The van der Waals surface area contributed by atoms with Gasteiger partial charge < -0.3 is 4.74 Å². The van der Waals surface area contributed by atoms with E-state index in [4.69, 9.17) is 0 Å². The van der Waals surface area contributed by atoms with Gasteiger partial charge >= 0.3 is 5.69 Å². The Morgan fingerprint density at radius 3 is 2.36 bits per heavy atom. The van der Waals surface area contributed by atoms with E-state index in [2.05, 4.69) is 4.74 Å². The first kappa shape index (κ1) is 10.3. The van der Waals surface area contributed by atoms with Crippen molar-refractivity contribution in [2.24, 2.45) is 0 Å². The lowest BCUT2D eigenvalue weighted by Gasteiger charge is -2.03. The summed E-state index contributed by atoms with van der Waals surface area (Å²) in [6.07, 6.45) is 0. The molecule has 0 aliphatic carbocycles. The van der Waals surface area contributed by atoms with Crippen LogP contribution in [0.4, 0.5) is 18.9 Å². The summed E-state index contributed by atoms with van der Waals surface area (Å²) in [7, 11) is 0.923. The molecule has 0 aromatic heterocycles. The first-order chi connectivity index (χ1) is 6.49. The van der Waals surface area contributed by atoms with E-state index in [9.17, 15) is 23.3 Å². The Balaban J connectivity index is 3.47. The zero-order valence-electron chi connectivity index (χ0n) is 6.88. The minimum Gasteiger partial charge on any atom is -0.491 e. The number of rotatable bonds is 2. The van der Waals surface area contributed by atoms with Crippen LogP contribution in [0.25, 0.3) is 0 Å². The van der Waals surface area contributed by atoms with Crippen LogP contribution in [0.2, 0.25) is 0 Å². The average Bonchev–Trinajstić information content (AvgIpc) is 2.12. The fourth-order valence-corrected chi connectivity index (χ4v) is 0.886. The van der Waals surface area contributed by atoms with Gasteiger partial charge in [0, 0.05) is 0 Å². The van der Waals surface area contributed by atoms with Gasteiger partial charge in [0.15, 0.2) is 11.6 Å². The van der Waals surface area contributed by atoms with Crippen LogP contribution in [-0.2, 0) is 0 Å². The number of hydrogen-bond donors (Lipinski definition) is 0. The lowest BCUT2D eigenvalue weighted by atomic mass is 10.2. The van der Waals surface area contributed by atoms with Gasteiger partial charge in [-0.2, -0.15) is 8.78 Å². The molecule has 0 amide bonds. The predicted octanol–water partition coefficient (Wildman–Crippen LogP) is 2.02. The van der Waals surface area contributed by atoms with E-state index in [0.717, 1.165) is 7.11 Å². The summed E-state index contributed by atoms with van der Waals surface area (Å²) in [5, 5.41) is 10.1. The largest absolute Gasteiger partial charge is 0.491 e. The summed E-state index contributed by atoms with van der Waals surface area (Å²) in [4.78, 5) is 8.90. The monoisotopic (exact) mass is 207 g/mol. The zero-order chi connectivity index (χ0) is 10.9. The van der Waals surface area contributed by atoms with Crippen LogP contribution in [0.5, 0.6) is 5.75 Å². The molecule has 0 heterocycles. The topological polar surface area (TPSA) is 52.4 Å². The maximum Gasteiger partial charge on any atom is 0.311 e. The van der Waals surface area contributed by atoms with Gasteiger partial charge in [0.1, 0.15) is 0 Å². The number of hydrogen-bond acceptors (Lipinski definition) is 3. The first-order valence-electron chi connectivity index (χ1n) is 3.35. The Hall–Kier alpha value is -1.79. The van der Waals surface area contributed by atoms with Crippen molar-refractivity contribution in [3.8, 4) is 5.75 Å². The van der Waals surface area contributed by atoms with Crippen LogP contribution in [0.3, 0.4) is 0 Å². The molecule has 0 aliphatic rings. The van der Waals surface area contributed by atoms with Crippen molar-refractivity contribution >= 4 is 5.69 Å².